The molecule has 1 aromatic heterocycles. The Labute approximate surface area is 124 Å². The van der Waals surface area contributed by atoms with Crippen LogP contribution >= 0.6 is 22.9 Å². The van der Waals surface area contributed by atoms with E-state index in [9.17, 15) is 0 Å². The number of halogens is 1. The summed E-state index contributed by atoms with van der Waals surface area (Å²) < 4.78 is 0. The normalized spacial score (nSPS) is 12.7. The molecular weight excluding hydrogens is 274 g/mol. The quantitative estimate of drug-likeness (QED) is 0.834. The Morgan fingerprint density at radius 1 is 1.21 bits per heavy atom. The Morgan fingerprint density at radius 3 is 2.32 bits per heavy atom. The molecule has 0 aliphatic heterocycles. The molecule has 0 saturated heterocycles. The summed E-state index contributed by atoms with van der Waals surface area (Å²) in [5.41, 5.74) is 5.32. The van der Waals surface area contributed by atoms with Gasteiger partial charge in [0.25, 0.3) is 0 Å². The summed E-state index contributed by atoms with van der Waals surface area (Å²) in [6.07, 6.45) is 0. The second-order valence-electron chi connectivity index (χ2n) is 4.94. The number of thiophene rings is 1. The molecule has 2 aromatic rings. The van der Waals surface area contributed by atoms with Crippen molar-refractivity contribution in [3.05, 3.63) is 55.7 Å². The summed E-state index contributed by atoms with van der Waals surface area (Å²) in [6.45, 7) is 9.56. The van der Waals surface area contributed by atoms with Crippen LogP contribution in [-0.4, -0.2) is 6.54 Å². The van der Waals surface area contributed by atoms with Crippen molar-refractivity contribution in [2.75, 3.05) is 6.54 Å². The van der Waals surface area contributed by atoms with Crippen LogP contribution in [0.3, 0.4) is 0 Å². The van der Waals surface area contributed by atoms with Crippen LogP contribution in [-0.2, 0) is 0 Å². The van der Waals surface area contributed by atoms with Gasteiger partial charge in [-0.25, -0.2) is 0 Å². The van der Waals surface area contributed by atoms with E-state index in [4.69, 9.17) is 11.6 Å². The van der Waals surface area contributed by atoms with Gasteiger partial charge in [0.15, 0.2) is 0 Å². The molecule has 0 saturated carbocycles. The van der Waals surface area contributed by atoms with Crippen molar-refractivity contribution < 1.29 is 0 Å². The lowest BCUT2D eigenvalue weighted by molar-refractivity contribution is 0.633. The lowest BCUT2D eigenvalue weighted by Crippen LogP contribution is -2.23. The van der Waals surface area contributed by atoms with Crippen molar-refractivity contribution in [3.8, 4) is 0 Å². The van der Waals surface area contributed by atoms with E-state index in [0.717, 1.165) is 11.6 Å². The van der Waals surface area contributed by atoms with E-state index < -0.39 is 0 Å². The van der Waals surface area contributed by atoms with Gasteiger partial charge < -0.3 is 5.32 Å². The largest absolute Gasteiger partial charge is 0.306 e. The lowest BCUT2D eigenvalue weighted by Gasteiger charge is -2.22. The van der Waals surface area contributed by atoms with Crippen LogP contribution in [0.5, 0.6) is 0 Å². The molecule has 0 fully saturated rings. The molecule has 1 unspecified atom stereocenters. The molecular formula is C16H20ClNS. The van der Waals surface area contributed by atoms with Crippen LogP contribution in [0.2, 0.25) is 5.02 Å². The minimum absolute atomic E-state index is 0.193. The summed E-state index contributed by atoms with van der Waals surface area (Å²) in [6, 6.07) is 6.66. The number of aryl methyl sites for hydroxylation is 3. The van der Waals surface area contributed by atoms with Crippen molar-refractivity contribution in [1.82, 2.24) is 5.32 Å². The number of hydrogen-bond donors (Lipinski definition) is 1. The number of benzene rings is 1. The molecule has 1 heterocycles. The van der Waals surface area contributed by atoms with E-state index in [1.54, 1.807) is 11.3 Å². The fraction of sp³-hybridized carbons (Fsp3) is 0.375. The van der Waals surface area contributed by atoms with Gasteiger partial charge in [0, 0.05) is 4.88 Å². The smallest absolute Gasteiger partial charge is 0.0691 e. The van der Waals surface area contributed by atoms with Gasteiger partial charge in [-0.2, -0.15) is 0 Å². The van der Waals surface area contributed by atoms with E-state index >= 15 is 0 Å². The van der Waals surface area contributed by atoms with Crippen LogP contribution in [0.15, 0.2) is 23.6 Å². The zero-order valence-corrected chi connectivity index (χ0v) is 13.5. The topological polar surface area (TPSA) is 12.0 Å². The molecule has 0 spiro atoms. The van der Waals surface area contributed by atoms with E-state index in [2.05, 4.69) is 50.5 Å². The number of nitrogens with one attached hydrogen (secondary N) is 1. The maximum atomic E-state index is 6.33. The van der Waals surface area contributed by atoms with Crippen LogP contribution in [0.1, 0.15) is 40.1 Å². The molecule has 1 nitrogen and oxygen atoms in total. The third-order valence-electron chi connectivity index (χ3n) is 3.34. The highest BCUT2D eigenvalue weighted by Crippen LogP contribution is 2.36. The van der Waals surface area contributed by atoms with Crippen LogP contribution < -0.4 is 5.32 Å². The first-order valence-corrected chi connectivity index (χ1v) is 7.84. The van der Waals surface area contributed by atoms with Gasteiger partial charge in [-0.05, 0) is 55.5 Å². The monoisotopic (exact) mass is 293 g/mol. The molecule has 0 amide bonds. The van der Waals surface area contributed by atoms with Crippen molar-refractivity contribution in [1.29, 1.82) is 0 Å². The Morgan fingerprint density at radius 2 is 1.84 bits per heavy atom. The fourth-order valence-corrected chi connectivity index (χ4v) is 3.94. The van der Waals surface area contributed by atoms with Gasteiger partial charge in [-0.3, -0.25) is 0 Å². The Kier molecular flexibility index (Phi) is 4.67. The molecule has 0 radical (unpaired) electrons. The zero-order chi connectivity index (χ0) is 14.0. The van der Waals surface area contributed by atoms with Crippen LogP contribution in [0.25, 0.3) is 0 Å². The standard InChI is InChI=1S/C16H20ClNS/c1-5-18-15(16-13(17)6-7-19-16)14-11(3)8-10(2)9-12(14)4/h6-9,15,18H,5H2,1-4H3. The highest BCUT2D eigenvalue weighted by molar-refractivity contribution is 7.10. The molecule has 1 atom stereocenters. The van der Waals surface area contributed by atoms with E-state index in [1.165, 1.54) is 27.1 Å². The van der Waals surface area contributed by atoms with E-state index in [-0.39, 0.29) is 6.04 Å². The van der Waals surface area contributed by atoms with Gasteiger partial charge >= 0.3 is 0 Å². The molecule has 102 valence electrons. The summed E-state index contributed by atoms with van der Waals surface area (Å²) in [5, 5.41) is 6.48. The van der Waals surface area contributed by atoms with Gasteiger partial charge in [0.1, 0.15) is 0 Å². The van der Waals surface area contributed by atoms with Crippen molar-refractivity contribution >= 4 is 22.9 Å². The SMILES string of the molecule is CCNC(c1sccc1Cl)c1c(C)cc(C)cc1C. The second-order valence-corrected chi connectivity index (χ2v) is 6.29. The summed E-state index contributed by atoms with van der Waals surface area (Å²) in [4.78, 5) is 1.21. The number of hydrogen-bond acceptors (Lipinski definition) is 2. The minimum Gasteiger partial charge on any atom is -0.306 e. The Bertz CT molecular complexity index is 551. The van der Waals surface area contributed by atoms with Crippen molar-refractivity contribution in [3.63, 3.8) is 0 Å². The first-order valence-electron chi connectivity index (χ1n) is 6.58. The number of rotatable bonds is 4. The third kappa shape index (κ3) is 3.02. The molecule has 1 aromatic carbocycles. The molecule has 19 heavy (non-hydrogen) atoms. The minimum atomic E-state index is 0.193. The highest BCUT2D eigenvalue weighted by atomic mass is 35.5. The molecule has 3 heteroatoms. The van der Waals surface area contributed by atoms with Gasteiger partial charge in [0.05, 0.1) is 11.1 Å². The molecule has 0 aliphatic carbocycles. The van der Waals surface area contributed by atoms with Gasteiger partial charge in [0.2, 0.25) is 0 Å². The summed E-state index contributed by atoms with van der Waals surface area (Å²) >= 11 is 8.05. The van der Waals surface area contributed by atoms with Crippen molar-refractivity contribution in [2.24, 2.45) is 0 Å². The van der Waals surface area contributed by atoms with Gasteiger partial charge in [-0.1, -0.05) is 36.2 Å². The average Bonchev–Trinajstić information content (AvgIpc) is 2.73. The first-order chi connectivity index (χ1) is 9.04. The van der Waals surface area contributed by atoms with E-state index in [0.29, 0.717) is 0 Å². The third-order valence-corrected chi connectivity index (χ3v) is 4.77. The summed E-state index contributed by atoms with van der Waals surface area (Å²) in [5.74, 6) is 0. The average molecular weight is 294 g/mol. The van der Waals surface area contributed by atoms with Crippen LogP contribution in [0, 0.1) is 20.8 Å². The lowest BCUT2D eigenvalue weighted by atomic mass is 9.93. The second kappa shape index (κ2) is 6.08. The molecule has 0 aliphatic rings. The molecule has 2 rings (SSSR count). The Balaban J connectivity index is 2.54. The summed E-state index contributed by atoms with van der Waals surface area (Å²) in [7, 11) is 0. The van der Waals surface area contributed by atoms with E-state index in [1.807, 2.05) is 6.07 Å². The predicted octanol–water partition coefficient (Wildman–Crippen LogP) is 5.03. The van der Waals surface area contributed by atoms with Crippen molar-refractivity contribution in [2.45, 2.75) is 33.7 Å². The molecule has 1 N–H and O–H groups in total. The zero-order valence-electron chi connectivity index (χ0n) is 11.9. The molecule has 0 bridgehead atoms. The maximum absolute atomic E-state index is 6.33. The first kappa shape index (κ1) is 14.6. The van der Waals surface area contributed by atoms with Crippen LogP contribution in [0.4, 0.5) is 0 Å². The highest BCUT2D eigenvalue weighted by Gasteiger charge is 2.21. The maximum Gasteiger partial charge on any atom is 0.0691 e. The Hall–Kier alpha value is -0.830. The van der Waals surface area contributed by atoms with Gasteiger partial charge in [-0.15, -0.1) is 11.3 Å². The fourth-order valence-electron chi connectivity index (χ4n) is 2.69. The predicted molar refractivity (Wildman–Crippen MR) is 85.5 cm³/mol.